The molecule has 0 aliphatic rings. The number of rotatable bonds is 2. The summed E-state index contributed by atoms with van der Waals surface area (Å²) in [6.07, 6.45) is 0. The van der Waals surface area contributed by atoms with Gasteiger partial charge >= 0.3 is 5.63 Å². The van der Waals surface area contributed by atoms with Gasteiger partial charge in [0.25, 0.3) is 5.56 Å². The molecular formula is C19H10Br2FNO4. The van der Waals surface area contributed by atoms with Crippen molar-refractivity contribution in [3.8, 4) is 5.75 Å². The highest BCUT2D eigenvalue weighted by atomic mass is 79.9. The van der Waals surface area contributed by atoms with Crippen LogP contribution in [0.5, 0.6) is 5.75 Å². The van der Waals surface area contributed by atoms with Gasteiger partial charge in [-0.05, 0) is 51.8 Å². The predicted molar refractivity (Wildman–Crippen MR) is 107 cm³/mol. The zero-order valence-corrected chi connectivity index (χ0v) is 16.7. The number of fused-ring (bicyclic) bond motifs is 3. The molecule has 0 saturated heterocycles. The minimum absolute atomic E-state index is 0.00232. The van der Waals surface area contributed by atoms with Crippen LogP contribution in [0.25, 0.3) is 21.9 Å². The minimum Gasteiger partial charge on any atom is -0.506 e. The van der Waals surface area contributed by atoms with Crippen molar-refractivity contribution in [1.29, 1.82) is 0 Å². The van der Waals surface area contributed by atoms with Crippen LogP contribution in [-0.2, 0) is 6.54 Å². The lowest BCUT2D eigenvalue weighted by molar-refractivity contribution is 0.462. The largest absolute Gasteiger partial charge is 0.506 e. The molecule has 0 aliphatic heterocycles. The highest BCUT2D eigenvalue weighted by Crippen LogP contribution is 2.33. The predicted octanol–water partition coefficient (Wildman–Crippen LogP) is 4.53. The van der Waals surface area contributed by atoms with Gasteiger partial charge in [0.05, 0.1) is 12.1 Å². The second-order valence-corrected chi connectivity index (χ2v) is 7.65. The summed E-state index contributed by atoms with van der Waals surface area (Å²) < 4.78 is 20.7. The number of pyridine rings is 1. The Morgan fingerprint density at radius 2 is 1.89 bits per heavy atom. The third kappa shape index (κ3) is 2.98. The van der Waals surface area contributed by atoms with E-state index in [9.17, 15) is 19.1 Å². The maximum atomic E-state index is 13.6. The Kier molecular flexibility index (Phi) is 4.39. The number of nitrogens with zero attached hydrogens (tertiary/aromatic N) is 1. The summed E-state index contributed by atoms with van der Waals surface area (Å²) in [6, 6.07) is 11.0. The molecule has 5 nitrogen and oxygen atoms in total. The van der Waals surface area contributed by atoms with Crippen molar-refractivity contribution in [3.05, 3.63) is 83.6 Å². The first-order valence-electron chi connectivity index (χ1n) is 7.78. The average Bonchev–Trinajstić information content (AvgIpc) is 2.63. The number of aromatic hydroxyl groups is 1. The first kappa shape index (κ1) is 17.9. The van der Waals surface area contributed by atoms with Gasteiger partial charge in [0.2, 0.25) is 0 Å². The van der Waals surface area contributed by atoms with Gasteiger partial charge in [0.1, 0.15) is 15.7 Å². The summed E-state index contributed by atoms with van der Waals surface area (Å²) in [5.74, 6) is -0.897. The van der Waals surface area contributed by atoms with Gasteiger partial charge in [0, 0.05) is 9.86 Å². The second kappa shape index (κ2) is 6.61. The van der Waals surface area contributed by atoms with Gasteiger partial charge in [-0.15, -0.1) is 0 Å². The van der Waals surface area contributed by atoms with E-state index in [0.717, 1.165) is 0 Å². The number of benzene rings is 2. The van der Waals surface area contributed by atoms with E-state index in [-0.39, 0.29) is 22.0 Å². The smallest absolute Gasteiger partial charge is 0.354 e. The highest BCUT2D eigenvalue weighted by Gasteiger charge is 2.20. The Hall–Kier alpha value is -2.45. The van der Waals surface area contributed by atoms with E-state index in [0.29, 0.717) is 20.9 Å². The van der Waals surface area contributed by atoms with Crippen molar-refractivity contribution >= 4 is 53.7 Å². The minimum atomic E-state index is -0.788. The topological polar surface area (TPSA) is 72.4 Å². The molecule has 8 heteroatoms. The van der Waals surface area contributed by atoms with Crippen LogP contribution in [0.4, 0.5) is 4.39 Å². The van der Waals surface area contributed by atoms with Crippen LogP contribution < -0.4 is 11.2 Å². The molecule has 0 amide bonds. The fraction of sp³-hybridized carbons (Fsp3) is 0.0526. The van der Waals surface area contributed by atoms with Crippen LogP contribution in [0.15, 0.2) is 65.4 Å². The first-order chi connectivity index (χ1) is 12.9. The first-order valence-corrected chi connectivity index (χ1v) is 9.37. The maximum Gasteiger partial charge on any atom is 0.354 e. The van der Waals surface area contributed by atoms with Gasteiger partial charge < -0.3 is 14.1 Å². The summed E-state index contributed by atoms with van der Waals surface area (Å²) in [7, 11) is 0. The van der Waals surface area contributed by atoms with Crippen molar-refractivity contribution in [2.24, 2.45) is 0 Å². The molecule has 27 heavy (non-hydrogen) atoms. The van der Waals surface area contributed by atoms with Gasteiger partial charge in [-0.2, -0.15) is 0 Å². The molecule has 0 bridgehead atoms. The molecule has 0 radical (unpaired) electrons. The normalized spacial score (nSPS) is 11.4. The van der Waals surface area contributed by atoms with Crippen molar-refractivity contribution in [2.75, 3.05) is 0 Å². The number of halogens is 3. The van der Waals surface area contributed by atoms with Gasteiger partial charge in [-0.3, -0.25) is 4.79 Å². The summed E-state index contributed by atoms with van der Waals surface area (Å²) in [5, 5.41) is 10.7. The molecule has 0 saturated carbocycles. The number of hydrogen-bond acceptors (Lipinski definition) is 4. The Morgan fingerprint density at radius 3 is 2.63 bits per heavy atom. The lowest BCUT2D eigenvalue weighted by atomic mass is 10.1. The van der Waals surface area contributed by atoms with E-state index < -0.39 is 22.8 Å². The average molecular weight is 495 g/mol. The van der Waals surface area contributed by atoms with Crippen LogP contribution in [-0.4, -0.2) is 9.67 Å². The summed E-state index contributed by atoms with van der Waals surface area (Å²) in [5.41, 5.74) is -0.270. The standard InChI is InChI=1S/C19H10Br2FNO4/c20-10-4-5-13-12(7-10)17-14(16(24)15(21)19(26)27-17)18(25)23(13)8-9-2-1-3-11(22)6-9/h1-7,24H,8H2. The zero-order chi connectivity index (χ0) is 19.3. The zero-order valence-electron chi connectivity index (χ0n) is 13.5. The molecule has 0 spiro atoms. The van der Waals surface area contributed by atoms with E-state index >= 15 is 0 Å². The molecule has 0 atom stereocenters. The molecule has 4 rings (SSSR count). The van der Waals surface area contributed by atoms with E-state index in [1.165, 1.54) is 16.7 Å². The number of aromatic nitrogens is 1. The lowest BCUT2D eigenvalue weighted by Gasteiger charge is -2.14. The molecule has 2 aromatic carbocycles. The van der Waals surface area contributed by atoms with E-state index in [1.807, 2.05) is 0 Å². The van der Waals surface area contributed by atoms with Crippen molar-refractivity contribution in [1.82, 2.24) is 4.57 Å². The van der Waals surface area contributed by atoms with Crippen LogP contribution in [0.1, 0.15) is 5.56 Å². The summed E-state index contributed by atoms with van der Waals surface area (Å²) in [4.78, 5) is 25.1. The Morgan fingerprint density at radius 1 is 1.11 bits per heavy atom. The lowest BCUT2D eigenvalue weighted by Crippen LogP contribution is -2.22. The van der Waals surface area contributed by atoms with Gasteiger partial charge in [-0.25, -0.2) is 9.18 Å². The fourth-order valence-corrected chi connectivity index (χ4v) is 3.68. The molecule has 0 unspecified atom stereocenters. The fourth-order valence-electron chi connectivity index (χ4n) is 3.04. The van der Waals surface area contributed by atoms with Crippen LogP contribution in [0.3, 0.4) is 0 Å². The van der Waals surface area contributed by atoms with Gasteiger partial charge in [0.15, 0.2) is 11.3 Å². The van der Waals surface area contributed by atoms with Crippen LogP contribution >= 0.6 is 31.9 Å². The van der Waals surface area contributed by atoms with E-state index in [2.05, 4.69) is 31.9 Å². The molecule has 136 valence electrons. The van der Waals surface area contributed by atoms with E-state index in [1.54, 1.807) is 30.3 Å². The summed E-state index contributed by atoms with van der Waals surface area (Å²) >= 11 is 6.31. The number of hydrogen-bond donors (Lipinski definition) is 1. The Balaban J connectivity index is 2.16. The Labute approximate surface area is 167 Å². The molecule has 1 N–H and O–H groups in total. The molecule has 2 heterocycles. The summed E-state index contributed by atoms with van der Waals surface area (Å²) in [6.45, 7) is 0.0842. The molecule has 0 aliphatic carbocycles. The van der Waals surface area contributed by atoms with Crippen molar-refractivity contribution < 1.29 is 13.9 Å². The Bertz CT molecular complexity index is 1340. The van der Waals surface area contributed by atoms with Gasteiger partial charge in [-0.1, -0.05) is 28.1 Å². The SMILES string of the molecule is O=c1oc2c(c(O)c1Br)c(=O)n(Cc1cccc(F)c1)c1ccc(Br)cc21. The maximum absolute atomic E-state index is 13.6. The molecule has 4 aromatic rings. The van der Waals surface area contributed by atoms with Crippen molar-refractivity contribution in [2.45, 2.75) is 6.54 Å². The van der Waals surface area contributed by atoms with Crippen molar-refractivity contribution in [3.63, 3.8) is 0 Å². The van der Waals surface area contributed by atoms with E-state index in [4.69, 9.17) is 4.42 Å². The van der Waals surface area contributed by atoms with Crippen LogP contribution in [0, 0.1) is 5.82 Å². The molecule has 2 aromatic heterocycles. The monoisotopic (exact) mass is 493 g/mol. The third-order valence-corrected chi connectivity index (χ3v) is 5.42. The quantitative estimate of drug-likeness (QED) is 0.416. The molecular weight excluding hydrogens is 485 g/mol. The third-order valence-electron chi connectivity index (χ3n) is 4.23. The second-order valence-electron chi connectivity index (χ2n) is 5.94. The highest BCUT2D eigenvalue weighted by molar-refractivity contribution is 9.10. The van der Waals surface area contributed by atoms with Crippen LogP contribution in [0.2, 0.25) is 0 Å². The molecule has 0 fully saturated rings.